The number of nitrogens with zero attached hydrogens (tertiary/aromatic N) is 3. The van der Waals surface area contributed by atoms with Crippen LogP contribution >= 0.6 is 0 Å². The Hall–Kier alpha value is -3.74. The van der Waals surface area contributed by atoms with Crippen LogP contribution in [0.2, 0.25) is 0 Å². The predicted octanol–water partition coefficient (Wildman–Crippen LogP) is 3.27. The van der Waals surface area contributed by atoms with E-state index >= 15 is 0 Å². The topological polar surface area (TPSA) is 83.7 Å². The van der Waals surface area contributed by atoms with Crippen molar-refractivity contribution in [3.8, 4) is 11.3 Å². The predicted molar refractivity (Wildman–Crippen MR) is 116 cm³/mol. The fraction of sp³-hybridized carbons (Fsp3) is 0.280. The number of benzene rings is 2. The lowest BCUT2D eigenvalue weighted by Crippen LogP contribution is -2.62. The molecule has 6 rings (SSSR count). The first-order valence-electron chi connectivity index (χ1n) is 10.9. The molecule has 2 atom stereocenters. The lowest BCUT2D eigenvalue weighted by molar-refractivity contribution is -0.145. The number of fused-ring (bicyclic) bond motifs is 2. The molecule has 2 unspecified atom stereocenters. The first-order valence-corrected chi connectivity index (χ1v) is 10.9. The minimum Gasteiger partial charge on any atom is -0.355 e. The number of hydrogen-bond donors (Lipinski definition) is 0. The van der Waals surface area contributed by atoms with Crippen LogP contribution in [0.3, 0.4) is 0 Å². The highest BCUT2D eigenvalue weighted by molar-refractivity contribution is 6.06. The Morgan fingerprint density at radius 3 is 2.31 bits per heavy atom. The zero-order valence-electron chi connectivity index (χ0n) is 17.3. The number of rotatable bonds is 3. The van der Waals surface area contributed by atoms with Gasteiger partial charge in [0, 0.05) is 24.2 Å². The third-order valence-corrected chi connectivity index (χ3v) is 6.82. The normalized spacial score (nSPS) is 23.0. The van der Waals surface area contributed by atoms with E-state index in [0.29, 0.717) is 42.8 Å². The molecule has 0 saturated carbocycles. The van der Waals surface area contributed by atoms with Gasteiger partial charge in [-0.1, -0.05) is 47.6 Å². The van der Waals surface area contributed by atoms with Gasteiger partial charge in [0.1, 0.15) is 5.52 Å². The average Bonchev–Trinajstić information content (AvgIpc) is 3.33. The highest BCUT2D eigenvalue weighted by Crippen LogP contribution is 2.38. The van der Waals surface area contributed by atoms with Crippen molar-refractivity contribution < 1.29 is 18.9 Å². The molecule has 2 fully saturated rings. The van der Waals surface area contributed by atoms with Crippen LogP contribution in [0.1, 0.15) is 23.2 Å². The van der Waals surface area contributed by atoms with Gasteiger partial charge in [-0.15, -0.1) is 0 Å². The molecule has 32 heavy (non-hydrogen) atoms. The van der Waals surface area contributed by atoms with Crippen LogP contribution in [0.5, 0.6) is 0 Å². The molecule has 2 aromatic carbocycles. The van der Waals surface area contributed by atoms with Crippen molar-refractivity contribution in [1.82, 2.24) is 15.0 Å². The Labute approximate surface area is 184 Å². The highest BCUT2D eigenvalue weighted by Gasteiger charge is 2.52. The molecule has 3 aromatic rings. The molecule has 3 amide bonds. The number of imide groups is 1. The van der Waals surface area contributed by atoms with Gasteiger partial charge >= 0.3 is 0 Å². The molecule has 2 saturated heterocycles. The Morgan fingerprint density at radius 2 is 1.62 bits per heavy atom. The summed E-state index contributed by atoms with van der Waals surface area (Å²) in [4.78, 5) is 41.7. The fourth-order valence-electron chi connectivity index (χ4n) is 5.03. The first kappa shape index (κ1) is 19.0. The Balaban J connectivity index is 1.20. The second-order valence-corrected chi connectivity index (χ2v) is 8.68. The van der Waals surface area contributed by atoms with Gasteiger partial charge in [0.25, 0.3) is 5.91 Å². The zero-order valence-corrected chi connectivity index (χ0v) is 17.3. The van der Waals surface area contributed by atoms with Crippen molar-refractivity contribution in [1.29, 1.82) is 0 Å². The van der Waals surface area contributed by atoms with E-state index in [1.807, 2.05) is 42.5 Å². The third kappa shape index (κ3) is 2.81. The lowest BCUT2D eigenvalue weighted by Gasteiger charge is -2.43. The van der Waals surface area contributed by atoms with E-state index in [9.17, 15) is 14.4 Å². The number of aromatic nitrogens is 1. The monoisotopic (exact) mass is 427 g/mol. The van der Waals surface area contributed by atoms with Crippen LogP contribution in [0.15, 0.2) is 65.2 Å². The molecule has 0 N–H and O–H groups in total. The van der Waals surface area contributed by atoms with E-state index in [1.54, 1.807) is 23.1 Å². The van der Waals surface area contributed by atoms with Gasteiger partial charge in [-0.2, -0.15) is 0 Å². The molecule has 2 aliphatic heterocycles. The third-order valence-electron chi connectivity index (χ3n) is 6.82. The number of likely N-dealkylation sites (tertiary alicyclic amines) is 2. The molecule has 0 spiro atoms. The Morgan fingerprint density at radius 1 is 0.938 bits per heavy atom. The van der Waals surface area contributed by atoms with Gasteiger partial charge in [-0.05, 0) is 31.0 Å². The zero-order chi connectivity index (χ0) is 21.8. The minimum atomic E-state index is -0.233. The molecule has 3 heterocycles. The van der Waals surface area contributed by atoms with Crippen LogP contribution in [0.25, 0.3) is 22.2 Å². The van der Waals surface area contributed by atoms with Gasteiger partial charge in [-0.3, -0.25) is 19.3 Å². The minimum absolute atomic E-state index is 0.0835. The number of carbonyl (C=O) groups excluding carboxylic acids is 3. The van der Waals surface area contributed by atoms with Gasteiger partial charge in [0.05, 0.1) is 23.3 Å². The summed E-state index contributed by atoms with van der Waals surface area (Å²) < 4.78 is 5.53. The van der Waals surface area contributed by atoms with E-state index in [1.165, 1.54) is 4.90 Å². The van der Waals surface area contributed by atoms with Gasteiger partial charge in [-0.25, -0.2) is 0 Å². The van der Waals surface area contributed by atoms with Crippen molar-refractivity contribution in [2.45, 2.75) is 18.9 Å². The molecule has 0 bridgehead atoms. The fourth-order valence-corrected chi connectivity index (χ4v) is 5.03. The Kier molecular flexibility index (Phi) is 4.24. The van der Waals surface area contributed by atoms with E-state index in [4.69, 9.17) is 4.52 Å². The molecule has 1 aliphatic carbocycles. The van der Waals surface area contributed by atoms with Crippen LogP contribution in [0.4, 0.5) is 0 Å². The second-order valence-electron chi connectivity index (χ2n) is 8.68. The quantitative estimate of drug-likeness (QED) is 0.473. The van der Waals surface area contributed by atoms with E-state index in [2.05, 4.69) is 5.16 Å². The summed E-state index contributed by atoms with van der Waals surface area (Å²) in [6, 6.07) is 14.7. The number of amides is 3. The number of carbonyl (C=O) groups is 3. The summed E-state index contributed by atoms with van der Waals surface area (Å²) in [5.74, 6) is -0.128. The summed E-state index contributed by atoms with van der Waals surface area (Å²) in [6.45, 7) is 0.743. The van der Waals surface area contributed by atoms with Crippen LogP contribution in [-0.2, 0) is 9.59 Å². The van der Waals surface area contributed by atoms with Crippen LogP contribution in [0, 0.1) is 11.8 Å². The van der Waals surface area contributed by atoms with Gasteiger partial charge in [0.2, 0.25) is 11.8 Å². The molecule has 3 aliphatic rings. The van der Waals surface area contributed by atoms with Crippen molar-refractivity contribution in [2.24, 2.45) is 11.8 Å². The maximum Gasteiger partial charge on any atom is 0.254 e. The van der Waals surface area contributed by atoms with Crippen molar-refractivity contribution >= 4 is 28.6 Å². The average molecular weight is 427 g/mol. The maximum atomic E-state index is 13.1. The SMILES string of the molecule is O=C(c1ccc2noc(-c3ccccc3)c2c1)N1CC(N2C(=O)C3CC=CCC3C2=O)C1. The van der Waals surface area contributed by atoms with E-state index < -0.39 is 0 Å². The number of allylic oxidation sites excluding steroid dienone is 2. The molecular formula is C25H21N3O4. The molecular weight excluding hydrogens is 406 g/mol. The van der Waals surface area contributed by atoms with E-state index in [0.717, 1.165) is 10.9 Å². The van der Waals surface area contributed by atoms with Gasteiger partial charge in [0.15, 0.2) is 5.76 Å². The van der Waals surface area contributed by atoms with E-state index in [-0.39, 0.29) is 35.6 Å². The molecule has 160 valence electrons. The molecule has 7 heteroatoms. The van der Waals surface area contributed by atoms with Crippen LogP contribution < -0.4 is 0 Å². The molecule has 0 radical (unpaired) electrons. The summed E-state index contributed by atoms with van der Waals surface area (Å²) in [5, 5.41) is 4.88. The summed E-state index contributed by atoms with van der Waals surface area (Å²) in [5.41, 5.74) is 2.12. The lowest BCUT2D eigenvalue weighted by atomic mass is 9.85. The number of hydrogen-bond acceptors (Lipinski definition) is 5. The maximum absolute atomic E-state index is 13.1. The van der Waals surface area contributed by atoms with Crippen molar-refractivity contribution in [2.75, 3.05) is 13.1 Å². The molecule has 7 nitrogen and oxygen atoms in total. The standard InChI is InChI=1S/C25H21N3O4/c29-23(16-10-11-21-20(12-16)22(32-26-21)15-6-2-1-3-7-15)27-13-17(14-27)28-24(30)18-8-4-5-9-19(18)25(28)31/h1-7,10-12,17-19H,8-9,13-14H2. The summed E-state index contributed by atoms with van der Waals surface area (Å²) in [7, 11) is 0. The highest BCUT2D eigenvalue weighted by atomic mass is 16.5. The second kappa shape index (κ2) is 7.15. The first-order chi connectivity index (χ1) is 15.6. The van der Waals surface area contributed by atoms with Crippen molar-refractivity contribution in [3.63, 3.8) is 0 Å². The summed E-state index contributed by atoms with van der Waals surface area (Å²) >= 11 is 0. The Bertz CT molecular complexity index is 1250. The van der Waals surface area contributed by atoms with Crippen LogP contribution in [-0.4, -0.2) is 51.8 Å². The van der Waals surface area contributed by atoms with Gasteiger partial charge < -0.3 is 9.42 Å². The largest absolute Gasteiger partial charge is 0.355 e. The summed E-state index contributed by atoms with van der Waals surface area (Å²) in [6.07, 6.45) is 5.22. The molecule has 1 aromatic heterocycles. The smallest absolute Gasteiger partial charge is 0.254 e. The van der Waals surface area contributed by atoms with Crippen molar-refractivity contribution in [3.05, 3.63) is 66.2 Å².